The van der Waals surface area contributed by atoms with Gasteiger partial charge in [-0.2, -0.15) is 0 Å². The van der Waals surface area contributed by atoms with Gasteiger partial charge in [-0.1, -0.05) is 146 Å². The van der Waals surface area contributed by atoms with E-state index in [1.54, 1.807) is 0 Å². The minimum atomic E-state index is 0.901. The van der Waals surface area contributed by atoms with E-state index in [1.807, 2.05) is 22.7 Å². The summed E-state index contributed by atoms with van der Waals surface area (Å²) in [6.45, 7) is 0. The van der Waals surface area contributed by atoms with Crippen molar-refractivity contribution in [2.24, 2.45) is 0 Å². The lowest BCUT2D eigenvalue weighted by Crippen LogP contribution is -2.11. The largest absolute Gasteiger partial charge is 0.455 e. The second kappa shape index (κ2) is 12.4. The second-order valence-corrected chi connectivity index (χ2v) is 16.5. The molecule has 0 aliphatic rings. The van der Waals surface area contributed by atoms with Crippen LogP contribution in [0, 0.1) is 0 Å². The molecule has 0 bridgehead atoms. The Morgan fingerprint density at radius 1 is 0.339 bits per heavy atom. The normalized spacial score (nSPS) is 11.9. The van der Waals surface area contributed by atoms with Crippen LogP contribution in [0.2, 0.25) is 0 Å². The van der Waals surface area contributed by atoms with Gasteiger partial charge in [-0.25, -0.2) is 0 Å². The zero-order chi connectivity index (χ0) is 36.7. The highest BCUT2D eigenvalue weighted by atomic mass is 32.1. The first-order valence-corrected chi connectivity index (χ1v) is 20.6. The van der Waals surface area contributed by atoms with Gasteiger partial charge < -0.3 is 9.32 Å². The fourth-order valence-corrected chi connectivity index (χ4v) is 11.2. The van der Waals surface area contributed by atoms with Crippen LogP contribution in [0.3, 0.4) is 0 Å². The number of rotatable bonds is 5. The van der Waals surface area contributed by atoms with Crippen LogP contribution in [0.5, 0.6) is 0 Å². The highest BCUT2D eigenvalue weighted by molar-refractivity contribution is 7.26. The van der Waals surface area contributed by atoms with Gasteiger partial charge in [-0.3, -0.25) is 0 Å². The lowest BCUT2D eigenvalue weighted by atomic mass is 9.98. The summed E-state index contributed by atoms with van der Waals surface area (Å²) in [7, 11) is 0. The number of anilines is 3. The lowest BCUT2D eigenvalue weighted by molar-refractivity contribution is 0.674. The number of hydrogen-bond donors (Lipinski definition) is 0. The van der Waals surface area contributed by atoms with Crippen LogP contribution in [0.25, 0.3) is 95.3 Å². The number of furan rings is 1. The van der Waals surface area contributed by atoms with Crippen molar-refractivity contribution < 1.29 is 4.42 Å². The summed E-state index contributed by atoms with van der Waals surface area (Å²) in [4.78, 5) is 2.45. The third-order valence-corrected chi connectivity index (χ3v) is 13.7. The highest BCUT2D eigenvalue weighted by Gasteiger charge is 2.23. The molecule has 12 aromatic rings. The van der Waals surface area contributed by atoms with E-state index in [1.165, 1.54) is 56.9 Å². The van der Waals surface area contributed by atoms with E-state index in [4.69, 9.17) is 4.42 Å². The van der Waals surface area contributed by atoms with Gasteiger partial charge in [-0.05, 0) is 59.0 Å². The first kappa shape index (κ1) is 31.6. The molecule has 9 aromatic carbocycles. The number of nitrogens with zero attached hydrogens (tertiary/aromatic N) is 1. The summed E-state index contributed by atoms with van der Waals surface area (Å²) >= 11 is 3.73. The summed E-state index contributed by atoms with van der Waals surface area (Å²) in [6, 6.07) is 68.3. The predicted molar refractivity (Wildman–Crippen MR) is 243 cm³/mol. The molecular weight excluding hydrogens is 719 g/mol. The summed E-state index contributed by atoms with van der Waals surface area (Å²) in [5.74, 6) is 0. The average molecular weight is 750 g/mol. The Hall–Kier alpha value is -6.72. The van der Waals surface area contributed by atoms with Crippen LogP contribution >= 0.6 is 22.7 Å². The Kier molecular flexibility index (Phi) is 7.00. The van der Waals surface area contributed by atoms with Crippen molar-refractivity contribution in [3.05, 3.63) is 188 Å². The van der Waals surface area contributed by atoms with Crippen molar-refractivity contribution in [3.63, 3.8) is 0 Å². The summed E-state index contributed by atoms with van der Waals surface area (Å²) in [5.41, 5.74) is 9.82. The molecule has 0 N–H and O–H groups in total. The van der Waals surface area contributed by atoms with Crippen LogP contribution in [0.4, 0.5) is 17.1 Å². The van der Waals surface area contributed by atoms with Crippen molar-refractivity contribution in [3.8, 4) is 22.3 Å². The number of fused-ring (bicyclic) bond motifs is 11. The number of para-hydroxylation sites is 2. The molecule has 4 heteroatoms. The van der Waals surface area contributed by atoms with E-state index >= 15 is 0 Å². The van der Waals surface area contributed by atoms with E-state index in [-0.39, 0.29) is 0 Å². The Bertz CT molecular complexity index is 3500. The minimum Gasteiger partial charge on any atom is -0.455 e. The molecular formula is C52H31NOS2. The Morgan fingerprint density at radius 3 is 1.70 bits per heavy atom. The summed E-state index contributed by atoms with van der Waals surface area (Å²) in [5, 5.41) is 9.74. The Balaban J connectivity index is 1.08. The van der Waals surface area contributed by atoms with Gasteiger partial charge in [0.15, 0.2) is 0 Å². The van der Waals surface area contributed by atoms with Gasteiger partial charge in [-0.15, -0.1) is 22.7 Å². The van der Waals surface area contributed by atoms with E-state index in [2.05, 4.69) is 193 Å². The molecule has 262 valence electrons. The maximum absolute atomic E-state index is 6.91. The zero-order valence-corrected chi connectivity index (χ0v) is 31.7. The minimum absolute atomic E-state index is 0.901. The summed E-state index contributed by atoms with van der Waals surface area (Å²) in [6.07, 6.45) is 0. The number of thiophene rings is 2. The molecule has 0 amide bonds. The molecule has 0 unspecified atom stereocenters. The van der Waals surface area contributed by atoms with Gasteiger partial charge >= 0.3 is 0 Å². The van der Waals surface area contributed by atoms with Gasteiger partial charge in [0.25, 0.3) is 0 Å². The molecule has 0 fully saturated rings. The maximum atomic E-state index is 6.91. The molecule has 0 atom stereocenters. The molecule has 56 heavy (non-hydrogen) atoms. The van der Waals surface area contributed by atoms with Crippen LogP contribution in [0.15, 0.2) is 192 Å². The van der Waals surface area contributed by atoms with Crippen LogP contribution in [-0.2, 0) is 0 Å². The topological polar surface area (TPSA) is 16.4 Å². The summed E-state index contributed by atoms with van der Waals surface area (Å²) < 4.78 is 12.1. The quantitative estimate of drug-likeness (QED) is 0.174. The van der Waals surface area contributed by atoms with Gasteiger partial charge in [0.1, 0.15) is 11.2 Å². The standard InChI is InChI=1S/C52H31NOS2/c1-2-13-35-32(12-1)28-31-42-41-19-10-18-40(50(41)54-49(35)42)37-14-3-6-22-45(37)53(46-23-11-21-44-39-16-5-8-25-48(39)56-52(44)46)34-29-26-33(27-30-34)36-17-9-20-43-38-15-4-7-24-47(38)55-51(36)43/h1-31H. The van der Waals surface area contributed by atoms with Crippen LogP contribution in [-0.4, -0.2) is 0 Å². The molecule has 12 rings (SSSR count). The lowest BCUT2D eigenvalue weighted by Gasteiger charge is -2.28. The predicted octanol–water partition coefficient (Wildman–Crippen LogP) is 16.3. The molecule has 3 heterocycles. The molecule has 0 aliphatic heterocycles. The third kappa shape index (κ3) is 4.73. The SMILES string of the molecule is c1ccc(N(c2ccc(-c3cccc4c3sc3ccccc34)cc2)c2cccc3c2sc2ccccc23)c(-c2cccc3c2oc2c4ccccc4ccc32)c1. The van der Waals surface area contributed by atoms with Gasteiger partial charge in [0.05, 0.1) is 16.1 Å². The average Bonchev–Trinajstić information content (AvgIpc) is 3.96. The van der Waals surface area contributed by atoms with E-state index in [9.17, 15) is 0 Å². The first-order valence-electron chi connectivity index (χ1n) is 18.9. The number of benzene rings is 9. The van der Waals surface area contributed by atoms with Crippen molar-refractivity contribution >= 4 is 113 Å². The second-order valence-electron chi connectivity index (χ2n) is 14.4. The van der Waals surface area contributed by atoms with Gasteiger partial charge in [0, 0.05) is 68.6 Å². The van der Waals surface area contributed by atoms with Crippen molar-refractivity contribution in [1.29, 1.82) is 0 Å². The van der Waals surface area contributed by atoms with E-state index in [0.717, 1.165) is 55.5 Å². The van der Waals surface area contributed by atoms with Gasteiger partial charge in [0.2, 0.25) is 0 Å². The molecule has 0 spiro atoms. The van der Waals surface area contributed by atoms with E-state index in [0.29, 0.717) is 0 Å². The molecule has 0 radical (unpaired) electrons. The smallest absolute Gasteiger partial charge is 0.143 e. The highest BCUT2D eigenvalue weighted by Crippen LogP contribution is 2.49. The molecule has 0 saturated carbocycles. The number of hydrogen-bond acceptors (Lipinski definition) is 4. The molecule has 3 aromatic heterocycles. The zero-order valence-electron chi connectivity index (χ0n) is 30.1. The van der Waals surface area contributed by atoms with Crippen molar-refractivity contribution in [2.75, 3.05) is 4.90 Å². The van der Waals surface area contributed by atoms with Crippen molar-refractivity contribution in [2.45, 2.75) is 0 Å². The third-order valence-electron chi connectivity index (χ3n) is 11.3. The van der Waals surface area contributed by atoms with Crippen LogP contribution < -0.4 is 4.90 Å². The van der Waals surface area contributed by atoms with E-state index < -0.39 is 0 Å². The van der Waals surface area contributed by atoms with Crippen LogP contribution in [0.1, 0.15) is 0 Å². The molecule has 0 saturated heterocycles. The first-order chi connectivity index (χ1) is 27.8. The fourth-order valence-electron chi connectivity index (χ4n) is 8.72. The monoisotopic (exact) mass is 749 g/mol. The maximum Gasteiger partial charge on any atom is 0.143 e. The Labute approximate surface area is 330 Å². The molecule has 0 aliphatic carbocycles. The fraction of sp³-hybridized carbons (Fsp3) is 0. The molecule has 2 nitrogen and oxygen atoms in total. The van der Waals surface area contributed by atoms with Crippen molar-refractivity contribution in [1.82, 2.24) is 0 Å². The Morgan fingerprint density at radius 2 is 0.893 bits per heavy atom.